The maximum absolute atomic E-state index is 11.1. The summed E-state index contributed by atoms with van der Waals surface area (Å²) in [5.74, 6) is 1.88. The van der Waals surface area contributed by atoms with Crippen LogP contribution in [0.2, 0.25) is 0 Å². The second-order valence-corrected chi connectivity index (χ2v) is 5.50. The van der Waals surface area contributed by atoms with Crippen LogP contribution in [-0.2, 0) is 0 Å². The molecule has 0 bridgehead atoms. The summed E-state index contributed by atoms with van der Waals surface area (Å²) < 4.78 is 10.8. The molecule has 26 heavy (non-hydrogen) atoms. The molecule has 1 amide bonds. The first-order chi connectivity index (χ1) is 12.7. The smallest absolute Gasteiger partial charge is 0.248 e. The number of aromatic nitrogens is 2. The van der Waals surface area contributed by atoms with Crippen molar-refractivity contribution in [2.24, 2.45) is 5.73 Å². The second-order valence-electron chi connectivity index (χ2n) is 5.50. The summed E-state index contributed by atoms with van der Waals surface area (Å²) in [7, 11) is 0. The number of anilines is 4. The molecular formula is C18H15N5O3. The van der Waals surface area contributed by atoms with Crippen molar-refractivity contribution in [1.82, 2.24) is 9.97 Å². The van der Waals surface area contributed by atoms with E-state index in [-0.39, 0.29) is 6.79 Å². The van der Waals surface area contributed by atoms with E-state index in [4.69, 9.17) is 15.2 Å². The third-order valence-corrected chi connectivity index (χ3v) is 3.74. The highest BCUT2D eigenvalue weighted by Crippen LogP contribution is 2.39. The molecule has 2 aromatic carbocycles. The summed E-state index contributed by atoms with van der Waals surface area (Å²) in [5.41, 5.74) is 7.17. The number of nitrogens with two attached hydrogens (primary N) is 1. The summed E-state index contributed by atoms with van der Waals surface area (Å²) in [6.07, 6.45) is 1.63. The molecule has 8 heteroatoms. The number of hydrogen-bond donors (Lipinski definition) is 3. The Bertz CT molecular complexity index is 959. The Morgan fingerprint density at radius 3 is 2.69 bits per heavy atom. The quantitative estimate of drug-likeness (QED) is 0.649. The molecule has 0 radical (unpaired) electrons. The summed E-state index contributed by atoms with van der Waals surface area (Å²) in [6, 6.07) is 14.1. The van der Waals surface area contributed by atoms with Crippen molar-refractivity contribution >= 4 is 29.0 Å². The van der Waals surface area contributed by atoms with E-state index in [0.717, 1.165) is 11.4 Å². The van der Waals surface area contributed by atoms with E-state index in [1.807, 2.05) is 18.2 Å². The molecule has 1 aliphatic heterocycles. The number of amides is 1. The fourth-order valence-electron chi connectivity index (χ4n) is 2.50. The molecule has 0 spiro atoms. The Balaban J connectivity index is 1.52. The van der Waals surface area contributed by atoms with Crippen molar-refractivity contribution in [1.29, 1.82) is 0 Å². The van der Waals surface area contributed by atoms with Crippen LogP contribution >= 0.6 is 0 Å². The lowest BCUT2D eigenvalue weighted by molar-refractivity contribution is 0.100. The molecule has 2 heterocycles. The molecule has 8 nitrogen and oxygen atoms in total. The number of nitrogens with zero attached hydrogens (tertiary/aromatic N) is 2. The number of rotatable bonds is 5. The van der Waals surface area contributed by atoms with Gasteiger partial charge in [-0.05, 0) is 42.5 Å². The Morgan fingerprint density at radius 1 is 1.04 bits per heavy atom. The van der Waals surface area contributed by atoms with Crippen LogP contribution in [0.25, 0.3) is 0 Å². The van der Waals surface area contributed by atoms with Gasteiger partial charge in [-0.15, -0.1) is 0 Å². The normalized spacial score (nSPS) is 11.8. The molecule has 0 saturated carbocycles. The maximum Gasteiger partial charge on any atom is 0.248 e. The topological polar surface area (TPSA) is 111 Å². The summed E-state index contributed by atoms with van der Waals surface area (Å²) in [5, 5.41) is 6.28. The predicted octanol–water partition coefficient (Wildman–Crippen LogP) is 2.79. The second kappa shape index (κ2) is 6.60. The monoisotopic (exact) mass is 349 g/mol. The van der Waals surface area contributed by atoms with Crippen LogP contribution in [0.15, 0.2) is 54.7 Å². The lowest BCUT2D eigenvalue weighted by Gasteiger charge is -2.10. The third-order valence-electron chi connectivity index (χ3n) is 3.74. The molecule has 4 N–H and O–H groups in total. The van der Waals surface area contributed by atoms with E-state index in [2.05, 4.69) is 20.6 Å². The maximum atomic E-state index is 11.1. The fraction of sp³-hybridized carbons (Fsp3) is 0.0556. The van der Waals surface area contributed by atoms with Crippen LogP contribution in [0.4, 0.5) is 23.1 Å². The van der Waals surface area contributed by atoms with E-state index < -0.39 is 5.91 Å². The number of para-hydroxylation sites is 1. The van der Waals surface area contributed by atoms with Gasteiger partial charge >= 0.3 is 0 Å². The number of nitrogens with one attached hydrogen (secondary N) is 2. The molecule has 4 rings (SSSR count). The number of carbonyl (C=O) groups is 1. The van der Waals surface area contributed by atoms with Crippen molar-refractivity contribution in [2.45, 2.75) is 0 Å². The largest absolute Gasteiger partial charge is 0.454 e. The first-order valence-electron chi connectivity index (χ1n) is 7.84. The highest BCUT2D eigenvalue weighted by molar-refractivity contribution is 5.93. The van der Waals surface area contributed by atoms with Crippen molar-refractivity contribution < 1.29 is 14.3 Å². The van der Waals surface area contributed by atoms with Gasteiger partial charge in [0.15, 0.2) is 11.5 Å². The SMILES string of the molecule is NC(=O)c1ccc(Nc2nccc(Nc3cccc4c3OCO4)n2)cc1. The van der Waals surface area contributed by atoms with Gasteiger partial charge in [0, 0.05) is 17.4 Å². The van der Waals surface area contributed by atoms with Gasteiger partial charge in [0.25, 0.3) is 0 Å². The standard InChI is InChI=1S/C18H15N5O3/c19-17(24)11-4-6-12(7-5-11)21-18-20-9-8-15(23-18)22-13-2-1-3-14-16(13)26-10-25-14/h1-9H,10H2,(H2,19,24)(H2,20,21,22,23). The Labute approximate surface area is 149 Å². The number of ether oxygens (including phenoxy) is 2. The summed E-state index contributed by atoms with van der Waals surface area (Å²) >= 11 is 0. The molecule has 130 valence electrons. The zero-order chi connectivity index (χ0) is 17.9. The van der Waals surface area contributed by atoms with Gasteiger partial charge in [0.2, 0.25) is 18.6 Å². The Morgan fingerprint density at radius 2 is 1.88 bits per heavy atom. The molecule has 1 aliphatic rings. The van der Waals surface area contributed by atoms with Crippen LogP contribution in [-0.4, -0.2) is 22.7 Å². The molecule has 0 unspecified atom stereocenters. The van der Waals surface area contributed by atoms with Gasteiger partial charge < -0.3 is 25.8 Å². The van der Waals surface area contributed by atoms with Gasteiger partial charge in [0.1, 0.15) is 5.82 Å². The molecule has 0 aliphatic carbocycles. The molecule has 0 fully saturated rings. The molecule has 0 saturated heterocycles. The highest BCUT2D eigenvalue weighted by atomic mass is 16.7. The number of benzene rings is 2. The van der Waals surface area contributed by atoms with Gasteiger partial charge in [-0.25, -0.2) is 4.98 Å². The number of primary amides is 1. The average Bonchev–Trinajstić information content (AvgIpc) is 3.12. The molecular weight excluding hydrogens is 334 g/mol. The minimum Gasteiger partial charge on any atom is -0.454 e. The lowest BCUT2D eigenvalue weighted by atomic mass is 10.2. The first kappa shape index (κ1) is 15.7. The minimum atomic E-state index is -0.472. The highest BCUT2D eigenvalue weighted by Gasteiger charge is 2.17. The Hall–Kier alpha value is -3.81. The van der Waals surface area contributed by atoms with Gasteiger partial charge in [-0.2, -0.15) is 4.98 Å². The summed E-state index contributed by atoms with van der Waals surface area (Å²) in [4.78, 5) is 19.7. The zero-order valence-electron chi connectivity index (χ0n) is 13.6. The van der Waals surface area contributed by atoms with Crippen molar-refractivity contribution in [3.63, 3.8) is 0 Å². The van der Waals surface area contributed by atoms with Crippen LogP contribution in [0.3, 0.4) is 0 Å². The predicted molar refractivity (Wildman–Crippen MR) is 96.1 cm³/mol. The van der Waals surface area contributed by atoms with Crippen LogP contribution in [0.1, 0.15) is 10.4 Å². The van der Waals surface area contributed by atoms with E-state index in [1.54, 1.807) is 36.5 Å². The van der Waals surface area contributed by atoms with Crippen LogP contribution in [0.5, 0.6) is 11.5 Å². The van der Waals surface area contributed by atoms with Crippen molar-refractivity contribution in [3.05, 3.63) is 60.3 Å². The van der Waals surface area contributed by atoms with Gasteiger partial charge in [0.05, 0.1) is 5.69 Å². The average molecular weight is 349 g/mol. The van der Waals surface area contributed by atoms with E-state index in [1.165, 1.54) is 0 Å². The number of hydrogen-bond acceptors (Lipinski definition) is 7. The minimum absolute atomic E-state index is 0.200. The number of fused-ring (bicyclic) bond motifs is 1. The van der Waals surface area contributed by atoms with E-state index in [0.29, 0.717) is 28.8 Å². The van der Waals surface area contributed by atoms with Crippen LogP contribution < -0.4 is 25.8 Å². The fourth-order valence-corrected chi connectivity index (χ4v) is 2.50. The van der Waals surface area contributed by atoms with Gasteiger partial charge in [-0.3, -0.25) is 4.79 Å². The molecule has 1 aromatic heterocycles. The summed E-state index contributed by atoms with van der Waals surface area (Å²) in [6.45, 7) is 0.200. The third kappa shape index (κ3) is 3.20. The molecule has 0 atom stereocenters. The first-order valence-corrected chi connectivity index (χ1v) is 7.84. The Kier molecular flexibility index (Phi) is 3.98. The zero-order valence-corrected chi connectivity index (χ0v) is 13.6. The van der Waals surface area contributed by atoms with Crippen molar-refractivity contribution in [2.75, 3.05) is 17.4 Å². The lowest BCUT2D eigenvalue weighted by Crippen LogP contribution is -2.10. The number of carbonyl (C=O) groups excluding carboxylic acids is 1. The van der Waals surface area contributed by atoms with Crippen molar-refractivity contribution in [3.8, 4) is 11.5 Å². The van der Waals surface area contributed by atoms with E-state index >= 15 is 0 Å². The van der Waals surface area contributed by atoms with E-state index in [9.17, 15) is 4.79 Å². The molecule has 3 aromatic rings. The van der Waals surface area contributed by atoms with Gasteiger partial charge in [-0.1, -0.05) is 6.07 Å². The van der Waals surface area contributed by atoms with Crippen LogP contribution in [0, 0.1) is 0 Å².